The minimum atomic E-state index is -3.54. The lowest BCUT2D eigenvalue weighted by molar-refractivity contribution is 0.0307. The number of nitrogens with zero attached hydrogens (tertiary/aromatic N) is 3. The molecule has 2 N–H and O–H groups in total. The fourth-order valence-corrected chi connectivity index (χ4v) is 4.75. The number of sulfonamides is 1. The van der Waals surface area contributed by atoms with E-state index in [2.05, 4.69) is 4.98 Å². The van der Waals surface area contributed by atoms with Crippen molar-refractivity contribution in [3.8, 4) is 0 Å². The van der Waals surface area contributed by atoms with Gasteiger partial charge in [0.25, 0.3) is 10.0 Å². The van der Waals surface area contributed by atoms with Crippen molar-refractivity contribution in [1.82, 2.24) is 13.9 Å². The Labute approximate surface area is 125 Å². The van der Waals surface area contributed by atoms with Gasteiger partial charge in [-0.05, 0) is 24.7 Å². The molecular formula is C13H22N4O3S. The predicted octanol–water partition coefficient (Wildman–Crippen LogP) is -0.205. The summed E-state index contributed by atoms with van der Waals surface area (Å²) in [6, 6.07) is -0.129. The average molecular weight is 314 g/mol. The minimum Gasteiger partial charge on any atom is -0.381 e. The Morgan fingerprint density at radius 1 is 1.43 bits per heavy atom. The van der Waals surface area contributed by atoms with Crippen molar-refractivity contribution in [2.24, 2.45) is 24.6 Å². The highest BCUT2D eigenvalue weighted by Crippen LogP contribution is 2.31. The van der Waals surface area contributed by atoms with E-state index >= 15 is 0 Å². The standard InChI is InChI=1S/C13H22N4O3S/c1-16-7-13(15-9-16)21(18,19)17-5-11(12(14)6-17)10-3-2-4-20-8-10/h7,9-12H,2-6,8,14H2,1H3. The van der Waals surface area contributed by atoms with Crippen molar-refractivity contribution in [3.63, 3.8) is 0 Å². The van der Waals surface area contributed by atoms with E-state index in [0.29, 0.717) is 25.6 Å². The zero-order valence-corrected chi connectivity index (χ0v) is 13.0. The highest BCUT2D eigenvalue weighted by Gasteiger charge is 2.42. The highest BCUT2D eigenvalue weighted by molar-refractivity contribution is 7.89. The van der Waals surface area contributed by atoms with Gasteiger partial charge in [0.1, 0.15) is 0 Å². The predicted molar refractivity (Wildman–Crippen MR) is 77.0 cm³/mol. The molecule has 3 rings (SSSR count). The third kappa shape index (κ3) is 2.85. The van der Waals surface area contributed by atoms with Crippen LogP contribution in [-0.4, -0.2) is 54.6 Å². The van der Waals surface area contributed by atoms with Gasteiger partial charge in [-0.15, -0.1) is 0 Å². The summed E-state index contributed by atoms with van der Waals surface area (Å²) in [6.45, 7) is 2.32. The number of hydrogen-bond donors (Lipinski definition) is 1. The molecule has 118 valence electrons. The van der Waals surface area contributed by atoms with Crippen LogP contribution in [0.2, 0.25) is 0 Å². The maximum absolute atomic E-state index is 12.6. The normalized spacial score (nSPS) is 31.6. The zero-order valence-electron chi connectivity index (χ0n) is 12.2. The van der Waals surface area contributed by atoms with E-state index in [9.17, 15) is 8.42 Å². The van der Waals surface area contributed by atoms with Crippen molar-refractivity contribution in [2.45, 2.75) is 23.9 Å². The van der Waals surface area contributed by atoms with Gasteiger partial charge in [0, 0.05) is 45.6 Å². The van der Waals surface area contributed by atoms with E-state index in [0.717, 1.165) is 19.4 Å². The molecule has 2 aliphatic rings. The molecule has 0 aromatic carbocycles. The van der Waals surface area contributed by atoms with E-state index in [-0.39, 0.29) is 17.0 Å². The largest absolute Gasteiger partial charge is 0.381 e. The van der Waals surface area contributed by atoms with Crippen LogP contribution in [0, 0.1) is 11.8 Å². The molecular weight excluding hydrogens is 292 g/mol. The molecule has 0 radical (unpaired) electrons. The SMILES string of the molecule is Cn1cnc(S(=O)(=O)N2CC(N)C(C3CCCOC3)C2)c1. The summed E-state index contributed by atoms with van der Waals surface area (Å²) < 4.78 is 33.8. The number of hydrogen-bond acceptors (Lipinski definition) is 5. The third-order valence-corrected chi connectivity index (χ3v) is 6.18. The molecule has 21 heavy (non-hydrogen) atoms. The molecule has 2 fully saturated rings. The number of aryl methyl sites for hydroxylation is 1. The van der Waals surface area contributed by atoms with Crippen LogP contribution < -0.4 is 5.73 Å². The highest BCUT2D eigenvalue weighted by atomic mass is 32.2. The van der Waals surface area contributed by atoms with E-state index in [1.54, 1.807) is 11.6 Å². The smallest absolute Gasteiger partial charge is 0.262 e. The lowest BCUT2D eigenvalue weighted by Crippen LogP contribution is -2.37. The first kappa shape index (κ1) is 15.0. The van der Waals surface area contributed by atoms with E-state index in [4.69, 9.17) is 10.5 Å². The summed E-state index contributed by atoms with van der Waals surface area (Å²) in [5.41, 5.74) is 6.19. The van der Waals surface area contributed by atoms with Crippen molar-refractivity contribution in [1.29, 1.82) is 0 Å². The second-order valence-corrected chi connectivity index (χ2v) is 7.89. The van der Waals surface area contributed by atoms with Gasteiger partial charge in [-0.3, -0.25) is 0 Å². The molecule has 7 nitrogen and oxygen atoms in total. The maximum atomic E-state index is 12.6. The Hall–Kier alpha value is -0.960. The molecule has 0 aliphatic carbocycles. The summed E-state index contributed by atoms with van der Waals surface area (Å²) in [4.78, 5) is 3.96. The first-order valence-electron chi connectivity index (χ1n) is 7.30. The van der Waals surface area contributed by atoms with E-state index in [1.807, 2.05) is 0 Å². The van der Waals surface area contributed by atoms with Crippen LogP contribution in [0.15, 0.2) is 17.6 Å². The quantitative estimate of drug-likeness (QED) is 0.834. The summed E-state index contributed by atoms with van der Waals surface area (Å²) in [5.74, 6) is 0.529. The number of rotatable bonds is 3. The first-order chi connectivity index (χ1) is 9.98. The molecule has 1 aromatic heterocycles. The monoisotopic (exact) mass is 314 g/mol. The average Bonchev–Trinajstić information content (AvgIpc) is 3.07. The molecule has 2 saturated heterocycles. The summed E-state index contributed by atoms with van der Waals surface area (Å²) in [7, 11) is -1.79. The second-order valence-electron chi connectivity index (χ2n) is 6.00. The van der Waals surface area contributed by atoms with Crippen molar-refractivity contribution >= 4 is 10.0 Å². The van der Waals surface area contributed by atoms with Crippen LogP contribution >= 0.6 is 0 Å². The Kier molecular flexibility index (Phi) is 4.04. The molecule has 3 unspecified atom stereocenters. The van der Waals surface area contributed by atoms with Gasteiger partial charge in [0.05, 0.1) is 6.33 Å². The van der Waals surface area contributed by atoms with Crippen LogP contribution in [0.25, 0.3) is 0 Å². The van der Waals surface area contributed by atoms with E-state index in [1.165, 1.54) is 16.8 Å². The van der Waals surface area contributed by atoms with Crippen LogP contribution in [0.5, 0.6) is 0 Å². The molecule has 1 aromatic rings. The van der Waals surface area contributed by atoms with Gasteiger partial charge >= 0.3 is 0 Å². The third-order valence-electron chi connectivity index (χ3n) is 4.47. The molecule has 8 heteroatoms. The number of nitrogens with two attached hydrogens (primary N) is 1. The fourth-order valence-electron chi connectivity index (χ4n) is 3.27. The summed E-state index contributed by atoms with van der Waals surface area (Å²) >= 11 is 0. The van der Waals surface area contributed by atoms with Crippen LogP contribution in [0.4, 0.5) is 0 Å². The maximum Gasteiger partial charge on any atom is 0.262 e. The first-order valence-corrected chi connectivity index (χ1v) is 8.74. The molecule has 0 bridgehead atoms. The van der Waals surface area contributed by atoms with Crippen LogP contribution in [-0.2, 0) is 21.8 Å². The Balaban J connectivity index is 1.75. The van der Waals surface area contributed by atoms with Crippen LogP contribution in [0.3, 0.4) is 0 Å². The molecule has 0 saturated carbocycles. The van der Waals surface area contributed by atoms with Gasteiger partial charge in [0.15, 0.2) is 5.03 Å². The van der Waals surface area contributed by atoms with Gasteiger partial charge in [-0.25, -0.2) is 13.4 Å². The molecule has 0 amide bonds. The fraction of sp³-hybridized carbons (Fsp3) is 0.769. The zero-order chi connectivity index (χ0) is 15.0. The van der Waals surface area contributed by atoms with Crippen molar-refractivity contribution in [2.75, 3.05) is 26.3 Å². The Morgan fingerprint density at radius 2 is 2.24 bits per heavy atom. The Bertz CT molecular complexity index is 594. The van der Waals surface area contributed by atoms with Gasteiger partial charge in [0.2, 0.25) is 0 Å². The molecule has 0 spiro atoms. The summed E-state index contributed by atoms with van der Waals surface area (Å²) in [5, 5.41) is 0.0951. The van der Waals surface area contributed by atoms with Crippen molar-refractivity contribution < 1.29 is 13.2 Å². The Morgan fingerprint density at radius 3 is 2.86 bits per heavy atom. The molecule has 2 aliphatic heterocycles. The number of ether oxygens (including phenoxy) is 1. The minimum absolute atomic E-state index is 0.0951. The molecule has 3 atom stereocenters. The lowest BCUT2D eigenvalue weighted by Gasteiger charge is -2.29. The number of aromatic nitrogens is 2. The molecule has 3 heterocycles. The topological polar surface area (TPSA) is 90.5 Å². The van der Waals surface area contributed by atoms with E-state index < -0.39 is 10.0 Å². The number of imidazole rings is 1. The van der Waals surface area contributed by atoms with Crippen molar-refractivity contribution in [3.05, 3.63) is 12.5 Å². The van der Waals surface area contributed by atoms with Gasteiger partial charge in [-0.2, -0.15) is 4.31 Å². The van der Waals surface area contributed by atoms with Crippen LogP contribution in [0.1, 0.15) is 12.8 Å². The lowest BCUT2D eigenvalue weighted by atomic mass is 9.85. The summed E-state index contributed by atoms with van der Waals surface area (Å²) in [6.07, 6.45) is 5.12. The van der Waals surface area contributed by atoms with Gasteiger partial charge in [-0.1, -0.05) is 0 Å². The second kappa shape index (κ2) is 5.68. The van der Waals surface area contributed by atoms with Gasteiger partial charge < -0.3 is 15.0 Å².